The van der Waals surface area contributed by atoms with Crippen LogP contribution in [0.3, 0.4) is 0 Å². The van der Waals surface area contributed by atoms with Crippen LogP contribution in [0.15, 0.2) is 53.2 Å². The molecule has 0 bridgehead atoms. The van der Waals surface area contributed by atoms with E-state index in [-0.39, 0.29) is 23.1 Å². The quantitative estimate of drug-likeness (QED) is 0.659. The largest absolute Gasteiger partial charge is 0.508 e. The maximum atomic E-state index is 11.9. The van der Waals surface area contributed by atoms with Crippen LogP contribution in [0.25, 0.3) is 6.08 Å². The number of aromatic hydroxyl groups is 2. The summed E-state index contributed by atoms with van der Waals surface area (Å²) in [7, 11) is 0. The zero-order chi connectivity index (χ0) is 15.7. The highest BCUT2D eigenvalue weighted by molar-refractivity contribution is 6.13. The predicted molar refractivity (Wildman–Crippen MR) is 81.6 cm³/mol. The zero-order valence-corrected chi connectivity index (χ0v) is 11.8. The third-order valence-corrected chi connectivity index (χ3v) is 3.19. The Labute approximate surface area is 126 Å². The summed E-state index contributed by atoms with van der Waals surface area (Å²) in [5.41, 5.74) is 2.22. The van der Waals surface area contributed by atoms with Crippen LogP contribution in [0.4, 0.5) is 0 Å². The van der Waals surface area contributed by atoms with Crippen LogP contribution in [-0.4, -0.2) is 22.1 Å². The number of phenolic OH excluding ortho intramolecular Hbond substituents is 2. The molecule has 2 N–H and O–H groups in total. The molecule has 0 amide bonds. The van der Waals surface area contributed by atoms with Crippen molar-refractivity contribution in [2.24, 2.45) is 4.99 Å². The first-order valence-corrected chi connectivity index (χ1v) is 6.64. The molecule has 0 unspecified atom stereocenters. The molecule has 0 saturated carbocycles. The summed E-state index contributed by atoms with van der Waals surface area (Å²) >= 11 is 0. The minimum Gasteiger partial charge on any atom is -0.508 e. The van der Waals surface area contributed by atoms with Crippen LogP contribution >= 0.6 is 0 Å². The molecule has 0 aliphatic carbocycles. The molecule has 2 aromatic carbocycles. The number of esters is 1. The number of rotatable bonds is 2. The number of aryl methyl sites for hydroxylation is 1. The van der Waals surface area contributed by atoms with Gasteiger partial charge in [0.2, 0.25) is 5.90 Å². The van der Waals surface area contributed by atoms with Gasteiger partial charge < -0.3 is 14.9 Å². The molecular formula is C17H13NO4. The van der Waals surface area contributed by atoms with Crippen molar-refractivity contribution >= 4 is 17.9 Å². The van der Waals surface area contributed by atoms with Crippen LogP contribution in [0, 0.1) is 6.92 Å². The molecule has 3 rings (SSSR count). The number of carbonyl (C=O) groups excluding carboxylic acids is 1. The van der Waals surface area contributed by atoms with E-state index >= 15 is 0 Å². The summed E-state index contributed by atoms with van der Waals surface area (Å²) < 4.78 is 5.16. The smallest absolute Gasteiger partial charge is 0.363 e. The third kappa shape index (κ3) is 2.69. The molecule has 110 valence electrons. The first-order chi connectivity index (χ1) is 10.5. The monoisotopic (exact) mass is 295 g/mol. The van der Waals surface area contributed by atoms with Crippen molar-refractivity contribution in [2.45, 2.75) is 6.92 Å². The molecule has 0 aromatic heterocycles. The molecule has 1 heterocycles. The van der Waals surface area contributed by atoms with Gasteiger partial charge in [-0.15, -0.1) is 0 Å². The van der Waals surface area contributed by atoms with E-state index in [4.69, 9.17) is 4.74 Å². The lowest BCUT2D eigenvalue weighted by molar-refractivity contribution is -0.129. The Hall–Kier alpha value is -3.08. The van der Waals surface area contributed by atoms with E-state index in [0.717, 1.165) is 5.56 Å². The Morgan fingerprint density at radius 1 is 1.14 bits per heavy atom. The van der Waals surface area contributed by atoms with Crippen molar-refractivity contribution in [1.82, 2.24) is 0 Å². The van der Waals surface area contributed by atoms with Crippen LogP contribution in [0.5, 0.6) is 11.5 Å². The normalized spacial score (nSPS) is 15.8. The summed E-state index contributed by atoms with van der Waals surface area (Å²) in [5.74, 6) is -0.542. The number of ether oxygens (including phenoxy) is 1. The lowest BCUT2D eigenvalue weighted by atomic mass is 10.1. The fourth-order valence-corrected chi connectivity index (χ4v) is 2.11. The number of benzene rings is 2. The van der Waals surface area contributed by atoms with Gasteiger partial charge in [-0.05, 0) is 37.3 Å². The molecule has 1 aliphatic heterocycles. The number of hydrogen-bond acceptors (Lipinski definition) is 5. The summed E-state index contributed by atoms with van der Waals surface area (Å²) in [4.78, 5) is 16.1. The van der Waals surface area contributed by atoms with E-state index in [2.05, 4.69) is 4.99 Å². The third-order valence-electron chi connectivity index (χ3n) is 3.19. The molecule has 5 heteroatoms. The van der Waals surface area contributed by atoms with Gasteiger partial charge in [-0.25, -0.2) is 9.79 Å². The van der Waals surface area contributed by atoms with Gasteiger partial charge in [-0.2, -0.15) is 0 Å². The molecular weight excluding hydrogens is 282 g/mol. The van der Waals surface area contributed by atoms with E-state index in [1.54, 1.807) is 6.07 Å². The van der Waals surface area contributed by atoms with Gasteiger partial charge in [0.05, 0.1) is 0 Å². The SMILES string of the molecule is Cc1cccc(C2=N/C(=C/c3ccc(O)cc3O)C(=O)O2)c1. The van der Waals surface area contributed by atoms with E-state index in [1.807, 2.05) is 25.1 Å². The van der Waals surface area contributed by atoms with Gasteiger partial charge in [-0.3, -0.25) is 0 Å². The van der Waals surface area contributed by atoms with Crippen LogP contribution in [0.1, 0.15) is 16.7 Å². The van der Waals surface area contributed by atoms with Crippen molar-refractivity contribution in [3.8, 4) is 11.5 Å². The highest BCUT2D eigenvalue weighted by Gasteiger charge is 2.24. The summed E-state index contributed by atoms with van der Waals surface area (Å²) in [6.07, 6.45) is 1.42. The maximum absolute atomic E-state index is 11.9. The zero-order valence-electron chi connectivity index (χ0n) is 11.8. The van der Waals surface area contributed by atoms with Crippen molar-refractivity contribution < 1.29 is 19.7 Å². The first kappa shape index (κ1) is 13.9. The number of nitrogens with zero attached hydrogens (tertiary/aromatic N) is 1. The lowest BCUT2D eigenvalue weighted by Gasteiger charge is -2.00. The van der Waals surface area contributed by atoms with Crippen molar-refractivity contribution in [3.63, 3.8) is 0 Å². The molecule has 0 saturated heterocycles. The first-order valence-electron chi connectivity index (χ1n) is 6.64. The molecule has 0 fully saturated rings. The number of cyclic esters (lactones) is 1. The second-order valence-electron chi connectivity index (χ2n) is 4.95. The highest BCUT2D eigenvalue weighted by atomic mass is 16.6. The Balaban J connectivity index is 1.97. The van der Waals surface area contributed by atoms with E-state index < -0.39 is 5.97 Å². The van der Waals surface area contributed by atoms with Crippen molar-refractivity contribution in [1.29, 1.82) is 0 Å². The summed E-state index contributed by atoms with van der Waals surface area (Å²) in [6, 6.07) is 11.6. The fourth-order valence-electron chi connectivity index (χ4n) is 2.11. The summed E-state index contributed by atoms with van der Waals surface area (Å²) in [5, 5.41) is 19.0. The Bertz CT molecular complexity index is 821. The van der Waals surface area contributed by atoms with Crippen LogP contribution < -0.4 is 0 Å². The highest BCUT2D eigenvalue weighted by Crippen LogP contribution is 2.27. The van der Waals surface area contributed by atoms with E-state index in [0.29, 0.717) is 11.1 Å². The lowest BCUT2D eigenvalue weighted by Crippen LogP contribution is -2.05. The predicted octanol–water partition coefficient (Wildman–Crippen LogP) is 2.75. The molecule has 1 aliphatic rings. The Kier molecular flexibility index (Phi) is 3.39. The van der Waals surface area contributed by atoms with Gasteiger partial charge in [0, 0.05) is 17.2 Å². The minimum atomic E-state index is -0.580. The van der Waals surface area contributed by atoms with Gasteiger partial charge >= 0.3 is 5.97 Å². The molecule has 0 spiro atoms. The molecule has 22 heavy (non-hydrogen) atoms. The number of phenols is 2. The van der Waals surface area contributed by atoms with Gasteiger partial charge in [0.15, 0.2) is 5.70 Å². The van der Waals surface area contributed by atoms with Crippen molar-refractivity contribution in [3.05, 3.63) is 64.9 Å². The number of aliphatic imine (C=N–C) groups is 1. The summed E-state index contributed by atoms with van der Waals surface area (Å²) in [6.45, 7) is 1.94. The second-order valence-corrected chi connectivity index (χ2v) is 4.95. The van der Waals surface area contributed by atoms with Crippen LogP contribution in [0.2, 0.25) is 0 Å². The maximum Gasteiger partial charge on any atom is 0.363 e. The van der Waals surface area contributed by atoms with Gasteiger partial charge in [-0.1, -0.05) is 17.7 Å². The van der Waals surface area contributed by atoms with Gasteiger partial charge in [0.1, 0.15) is 11.5 Å². The van der Waals surface area contributed by atoms with Crippen LogP contribution in [-0.2, 0) is 9.53 Å². The van der Waals surface area contributed by atoms with Gasteiger partial charge in [0.25, 0.3) is 0 Å². The standard InChI is InChI=1S/C17H13NO4/c1-10-3-2-4-12(7-10)16-18-14(17(21)22-16)8-11-5-6-13(19)9-15(11)20/h2-9,19-20H,1H3/b14-8+. The molecule has 0 atom stereocenters. The molecule has 2 aromatic rings. The second kappa shape index (κ2) is 5.37. The average molecular weight is 295 g/mol. The Morgan fingerprint density at radius 3 is 2.68 bits per heavy atom. The topological polar surface area (TPSA) is 79.1 Å². The minimum absolute atomic E-state index is 0.0578. The number of carbonyl (C=O) groups is 1. The number of hydrogen-bond donors (Lipinski definition) is 2. The van der Waals surface area contributed by atoms with E-state index in [1.165, 1.54) is 24.3 Å². The van der Waals surface area contributed by atoms with E-state index in [9.17, 15) is 15.0 Å². The molecule has 0 radical (unpaired) electrons. The van der Waals surface area contributed by atoms with Crippen molar-refractivity contribution in [2.75, 3.05) is 0 Å². The fraction of sp³-hybridized carbons (Fsp3) is 0.0588. The Morgan fingerprint density at radius 2 is 1.95 bits per heavy atom. The average Bonchev–Trinajstić information content (AvgIpc) is 2.83. The molecule has 5 nitrogen and oxygen atoms in total.